The van der Waals surface area contributed by atoms with Crippen molar-refractivity contribution in [2.75, 3.05) is 25.4 Å². The van der Waals surface area contributed by atoms with Crippen LogP contribution in [0.2, 0.25) is 10.0 Å². The van der Waals surface area contributed by atoms with Crippen LogP contribution >= 0.6 is 23.2 Å². The lowest BCUT2D eigenvalue weighted by Gasteiger charge is -2.14. The summed E-state index contributed by atoms with van der Waals surface area (Å²) in [5.41, 5.74) is 7.82. The monoisotopic (exact) mass is 424 g/mol. The number of aryl methyl sites for hydroxylation is 1. The number of ether oxygens (including phenoxy) is 1. The maximum absolute atomic E-state index is 11.7. The third kappa shape index (κ3) is 7.68. The second-order valence-electron chi connectivity index (χ2n) is 6.53. The topological polar surface area (TPSA) is 84.6 Å². The summed E-state index contributed by atoms with van der Waals surface area (Å²) in [5.74, 6) is -0.201. The molecule has 0 heterocycles. The molecule has 1 unspecified atom stereocenters. The van der Waals surface area contributed by atoms with Crippen LogP contribution < -0.4 is 11.1 Å². The van der Waals surface area contributed by atoms with E-state index in [1.54, 1.807) is 12.1 Å². The molecule has 0 aliphatic heterocycles. The highest BCUT2D eigenvalue weighted by molar-refractivity contribution is 6.38. The van der Waals surface area contributed by atoms with Crippen molar-refractivity contribution in [2.45, 2.75) is 31.8 Å². The van der Waals surface area contributed by atoms with Crippen LogP contribution in [0.25, 0.3) is 0 Å². The van der Waals surface area contributed by atoms with Crippen molar-refractivity contribution in [2.24, 2.45) is 0 Å². The Morgan fingerprint density at radius 3 is 2.50 bits per heavy atom. The molecule has 2 aromatic carbocycles. The van der Waals surface area contributed by atoms with Crippen molar-refractivity contribution >= 4 is 34.9 Å². The number of carbonyl (C=O) groups excluding carboxylic acids is 1. The van der Waals surface area contributed by atoms with Crippen molar-refractivity contribution in [1.82, 2.24) is 5.32 Å². The molecule has 2 rings (SSSR count). The third-order valence-corrected chi connectivity index (χ3v) is 4.90. The molecule has 2 aromatic rings. The smallest absolute Gasteiger partial charge is 0.305 e. The molecule has 0 saturated heterocycles. The van der Waals surface area contributed by atoms with Gasteiger partial charge in [-0.05, 0) is 49.1 Å². The fourth-order valence-corrected chi connectivity index (χ4v) is 3.19. The molecular formula is C21H26Cl2N2O3. The standard InChI is InChI=1S/C21H26Cl2N2O3/c22-17-12-16(13-18(23)21(17)24)19(26)14-25-10-4-9-20(27)28-11-5-8-15-6-2-1-3-7-15/h1-3,6-7,12-13,19,25-26H,4-5,8-11,14,24H2. The Bertz CT molecular complexity index is 734. The van der Waals surface area contributed by atoms with Crippen LogP contribution in [-0.2, 0) is 16.0 Å². The molecule has 152 valence electrons. The van der Waals surface area contributed by atoms with Gasteiger partial charge in [0, 0.05) is 13.0 Å². The van der Waals surface area contributed by atoms with Gasteiger partial charge in [-0.3, -0.25) is 4.79 Å². The van der Waals surface area contributed by atoms with Crippen LogP contribution in [0.1, 0.15) is 36.5 Å². The van der Waals surface area contributed by atoms with E-state index >= 15 is 0 Å². The number of hydrogen-bond acceptors (Lipinski definition) is 5. The van der Waals surface area contributed by atoms with Crippen LogP contribution in [0.4, 0.5) is 5.69 Å². The molecule has 0 radical (unpaired) electrons. The second-order valence-corrected chi connectivity index (χ2v) is 7.35. The summed E-state index contributed by atoms with van der Waals surface area (Å²) in [5, 5.41) is 13.9. The molecule has 0 aromatic heterocycles. The van der Waals surface area contributed by atoms with Gasteiger partial charge in [0.15, 0.2) is 0 Å². The van der Waals surface area contributed by atoms with E-state index in [1.807, 2.05) is 18.2 Å². The maximum Gasteiger partial charge on any atom is 0.305 e. The average molecular weight is 425 g/mol. The fraction of sp³-hybridized carbons (Fsp3) is 0.381. The van der Waals surface area contributed by atoms with E-state index in [9.17, 15) is 9.90 Å². The Balaban J connectivity index is 1.55. The highest BCUT2D eigenvalue weighted by atomic mass is 35.5. The van der Waals surface area contributed by atoms with E-state index in [1.165, 1.54) is 5.56 Å². The molecule has 5 nitrogen and oxygen atoms in total. The van der Waals surface area contributed by atoms with Gasteiger partial charge in [-0.1, -0.05) is 53.5 Å². The number of carbonyl (C=O) groups is 1. The van der Waals surface area contributed by atoms with Gasteiger partial charge >= 0.3 is 5.97 Å². The third-order valence-electron chi connectivity index (χ3n) is 4.27. The zero-order valence-electron chi connectivity index (χ0n) is 15.7. The molecule has 0 fully saturated rings. The summed E-state index contributed by atoms with van der Waals surface area (Å²) >= 11 is 12.0. The highest BCUT2D eigenvalue weighted by Crippen LogP contribution is 2.31. The van der Waals surface area contributed by atoms with Gasteiger partial charge in [0.25, 0.3) is 0 Å². The van der Waals surface area contributed by atoms with Gasteiger partial charge in [0.05, 0.1) is 28.4 Å². The predicted molar refractivity (Wildman–Crippen MR) is 114 cm³/mol. The molecule has 0 saturated carbocycles. The zero-order valence-corrected chi connectivity index (χ0v) is 17.2. The first-order valence-corrected chi connectivity index (χ1v) is 10.1. The Kier molecular flexibility index (Phi) is 9.58. The average Bonchev–Trinajstić information content (AvgIpc) is 2.69. The van der Waals surface area contributed by atoms with Crippen molar-refractivity contribution in [3.8, 4) is 0 Å². The van der Waals surface area contributed by atoms with Crippen molar-refractivity contribution in [3.05, 3.63) is 63.6 Å². The SMILES string of the molecule is Nc1c(Cl)cc(C(O)CNCCCC(=O)OCCCc2ccccc2)cc1Cl. The number of hydrogen-bond donors (Lipinski definition) is 3. The van der Waals surface area contributed by atoms with E-state index in [0.717, 1.165) is 12.8 Å². The minimum Gasteiger partial charge on any atom is -0.466 e. The number of anilines is 1. The number of rotatable bonds is 11. The van der Waals surface area contributed by atoms with Crippen LogP contribution in [0.5, 0.6) is 0 Å². The van der Waals surface area contributed by atoms with Crippen molar-refractivity contribution < 1.29 is 14.6 Å². The summed E-state index contributed by atoms with van der Waals surface area (Å²) in [4.78, 5) is 11.7. The number of benzene rings is 2. The minimum atomic E-state index is -0.763. The van der Waals surface area contributed by atoms with Crippen LogP contribution in [0, 0.1) is 0 Å². The Morgan fingerprint density at radius 1 is 1.14 bits per heavy atom. The van der Waals surface area contributed by atoms with Gasteiger partial charge in [0.1, 0.15) is 0 Å². The molecule has 0 spiro atoms. The van der Waals surface area contributed by atoms with Crippen LogP contribution in [0.3, 0.4) is 0 Å². The summed E-state index contributed by atoms with van der Waals surface area (Å²) in [6, 6.07) is 13.3. The quantitative estimate of drug-likeness (QED) is 0.286. The number of aliphatic hydroxyl groups is 1. The lowest BCUT2D eigenvalue weighted by Crippen LogP contribution is -2.23. The van der Waals surface area contributed by atoms with Gasteiger partial charge in [-0.2, -0.15) is 0 Å². The zero-order chi connectivity index (χ0) is 20.4. The number of nitrogens with two attached hydrogens (primary N) is 1. The molecule has 0 bridgehead atoms. The first-order valence-electron chi connectivity index (χ1n) is 9.30. The molecule has 0 aliphatic rings. The van der Waals surface area contributed by atoms with Gasteiger partial charge in [-0.25, -0.2) is 0 Å². The fourth-order valence-electron chi connectivity index (χ4n) is 2.69. The number of halogens is 2. The maximum atomic E-state index is 11.7. The van der Waals surface area contributed by atoms with Crippen LogP contribution in [0.15, 0.2) is 42.5 Å². The molecule has 0 aliphatic carbocycles. The second kappa shape index (κ2) is 11.9. The van der Waals surface area contributed by atoms with E-state index in [4.69, 9.17) is 33.7 Å². The molecule has 4 N–H and O–H groups in total. The number of nitrogens with one attached hydrogen (secondary N) is 1. The Labute approximate surface area is 175 Å². The van der Waals surface area contributed by atoms with E-state index in [-0.39, 0.29) is 5.97 Å². The van der Waals surface area contributed by atoms with Gasteiger partial charge in [-0.15, -0.1) is 0 Å². The first kappa shape index (κ1) is 22.5. The number of esters is 1. The minimum absolute atomic E-state index is 0.201. The molecule has 1 atom stereocenters. The first-order chi connectivity index (χ1) is 13.5. The summed E-state index contributed by atoms with van der Waals surface area (Å²) in [7, 11) is 0. The van der Waals surface area contributed by atoms with Crippen molar-refractivity contribution in [1.29, 1.82) is 0 Å². The molecule has 7 heteroatoms. The Hall–Kier alpha value is -1.79. The number of aliphatic hydroxyl groups excluding tert-OH is 1. The molecule has 0 amide bonds. The molecule has 28 heavy (non-hydrogen) atoms. The Morgan fingerprint density at radius 2 is 1.82 bits per heavy atom. The number of nitrogen functional groups attached to an aromatic ring is 1. The van der Waals surface area contributed by atoms with E-state index in [0.29, 0.717) is 53.8 Å². The summed E-state index contributed by atoms with van der Waals surface area (Å²) in [6.45, 7) is 1.34. The van der Waals surface area contributed by atoms with Gasteiger partial charge < -0.3 is 20.9 Å². The van der Waals surface area contributed by atoms with E-state index < -0.39 is 6.10 Å². The van der Waals surface area contributed by atoms with Gasteiger partial charge in [0.2, 0.25) is 0 Å². The molecular weight excluding hydrogens is 399 g/mol. The predicted octanol–water partition coefficient (Wildman–Crippen LogP) is 4.15. The lowest BCUT2D eigenvalue weighted by atomic mass is 10.1. The largest absolute Gasteiger partial charge is 0.466 e. The summed E-state index contributed by atoms with van der Waals surface area (Å²) < 4.78 is 5.24. The normalized spacial score (nSPS) is 12.0. The van der Waals surface area contributed by atoms with E-state index in [2.05, 4.69) is 17.4 Å². The summed E-state index contributed by atoms with van der Waals surface area (Å²) in [6.07, 6.45) is 1.92. The highest BCUT2D eigenvalue weighted by Gasteiger charge is 2.12. The van der Waals surface area contributed by atoms with Crippen molar-refractivity contribution in [3.63, 3.8) is 0 Å². The van der Waals surface area contributed by atoms with Crippen LogP contribution in [-0.4, -0.2) is 30.8 Å². The lowest BCUT2D eigenvalue weighted by molar-refractivity contribution is -0.143.